The summed E-state index contributed by atoms with van der Waals surface area (Å²) in [5.41, 5.74) is 11.1. The molecule has 0 saturated heterocycles. The molecule has 1 atom stereocenters. The van der Waals surface area contributed by atoms with Gasteiger partial charge in [0.25, 0.3) is 0 Å². The van der Waals surface area contributed by atoms with Gasteiger partial charge >= 0.3 is 11.9 Å². The van der Waals surface area contributed by atoms with Crippen molar-refractivity contribution < 1.29 is 19.4 Å². The van der Waals surface area contributed by atoms with Crippen molar-refractivity contribution in [3.8, 4) is 0 Å². The number of benzene rings is 1. The quantitative estimate of drug-likeness (QED) is 0.681. The second-order valence-corrected chi connectivity index (χ2v) is 3.41. The fraction of sp³-hybridized carbons (Fsp3) is 0.333. The predicted molar refractivity (Wildman–Crippen MR) is 74.1 cm³/mol. The maximum atomic E-state index is 10.4. The molecule has 0 spiro atoms. The molecule has 0 saturated carbocycles. The van der Waals surface area contributed by atoms with E-state index in [1.54, 1.807) is 0 Å². The fourth-order valence-corrected chi connectivity index (χ4v) is 1.04. The highest BCUT2D eigenvalue weighted by molar-refractivity contribution is 5.85. The molecule has 7 heteroatoms. The summed E-state index contributed by atoms with van der Waals surface area (Å²) in [7, 11) is 1.30. The predicted octanol–water partition coefficient (Wildman–Crippen LogP) is 0.181. The molecule has 1 rings (SSSR count). The van der Waals surface area contributed by atoms with Gasteiger partial charge in [-0.15, -0.1) is 12.4 Å². The molecule has 6 nitrogen and oxygen atoms in total. The van der Waals surface area contributed by atoms with Crippen LogP contribution in [0.2, 0.25) is 0 Å². The molecule has 0 aromatic heterocycles. The van der Waals surface area contributed by atoms with Crippen molar-refractivity contribution in [2.24, 2.45) is 11.5 Å². The Bertz CT molecular complexity index is 367. The topological polar surface area (TPSA) is 116 Å². The third-order valence-corrected chi connectivity index (χ3v) is 2.01. The van der Waals surface area contributed by atoms with E-state index >= 15 is 0 Å². The number of hydrogen-bond donors (Lipinski definition) is 3. The monoisotopic (exact) mass is 290 g/mol. The van der Waals surface area contributed by atoms with Gasteiger partial charge in [-0.1, -0.05) is 30.3 Å². The van der Waals surface area contributed by atoms with Crippen LogP contribution in [-0.4, -0.2) is 36.7 Å². The Morgan fingerprint density at radius 2 is 1.84 bits per heavy atom. The first kappa shape index (κ1) is 19.7. The van der Waals surface area contributed by atoms with Crippen LogP contribution in [0.15, 0.2) is 30.3 Å². The molecule has 1 aromatic rings. The van der Waals surface area contributed by atoms with Crippen LogP contribution in [0.3, 0.4) is 0 Å². The van der Waals surface area contributed by atoms with Crippen molar-refractivity contribution in [1.82, 2.24) is 0 Å². The van der Waals surface area contributed by atoms with Crippen molar-refractivity contribution in [2.75, 3.05) is 13.7 Å². The lowest BCUT2D eigenvalue weighted by Crippen LogP contribution is -2.32. The normalized spacial score (nSPS) is 10.3. The molecule has 0 aliphatic rings. The largest absolute Gasteiger partial charge is 0.480 e. The molecule has 0 aliphatic carbocycles. The minimum Gasteiger partial charge on any atom is -0.480 e. The number of nitrogens with two attached hydrogens (primary N) is 2. The number of halogens is 1. The van der Waals surface area contributed by atoms with Gasteiger partial charge in [-0.2, -0.15) is 0 Å². The number of hydrogen-bond acceptors (Lipinski definition) is 5. The molecule has 0 bridgehead atoms. The third kappa shape index (κ3) is 10.0. The van der Waals surface area contributed by atoms with Gasteiger partial charge in [-0.25, -0.2) is 0 Å². The molecular weight excluding hydrogens is 272 g/mol. The number of ether oxygens (including phenoxy) is 1. The zero-order chi connectivity index (χ0) is 14.0. The van der Waals surface area contributed by atoms with Gasteiger partial charge in [0.1, 0.15) is 6.04 Å². The average molecular weight is 291 g/mol. The van der Waals surface area contributed by atoms with Crippen LogP contribution in [0.4, 0.5) is 0 Å². The number of carbonyl (C=O) groups excluding carboxylic acids is 1. The molecule has 108 valence electrons. The van der Waals surface area contributed by atoms with Crippen molar-refractivity contribution in [2.45, 2.75) is 12.5 Å². The molecule has 0 heterocycles. The summed E-state index contributed by atoms with van der Waals surface area (Å²) in [5, 5.41) is 8.52. The van der Waals surface area contributed by atoms with Gasteiger partial charge in [0.2, 0.25) is 0 Å². The summed E-state index contributed by atoms with van der Waals surface area (Å²) in [5.74, 6) is -1.34. The Morgan fingerprint density at radius 3 is 2.16 bits per heavy atom. The Balaban J connectivity index is 0. The summed E-state index contributed by atoms with van der Waals surface area (Å²) in [6.45, 7) is -0.0312. The Hall–Kier alpha value is -1.63. The molecule has 0 radical (unpaired) electrons. The van der Waals surface area contributed by atoms with E-state index in [4.69, 9.17) is 16.6 Å². The lowest BCUT2D eigenvalue weighted by Gasteiger charge is -2.04. The van der Waals surface area contributed by atoms with Gasteiger partial charge in [-0.05, 0) is 12.0 Å². The number of rotatable bonds is 4. The molecule has 0 fully saturated rings. The first-order chi connectivity index (χ1) is 8.51. The smallest absolute Gasteiger partial charge is 0.320 e. The van der Waals surface area contributed by atoms with E-state index in [0.717, 1.165) is 5.56 Å². The molecule has 0 aliphatic heterocycles. The second-order valence-electron chi connectivity index (χ2n) is 3.41. The lowest BCUT2D eigenvalue weighted by atomic mass is 10.1. The summed E-state index contributed by atoms with van der Waals surface area (Å²) in [4.78, 5) is 20.2. The summed E-state index contributed by atoms with van der Waals surface area (Å²) >= 11 is 0. The van der Waals surface area contributed by atoms with Crippen LogP contribution in [0, 0.1) is 0 Å². The molecule has 1 aromatic carbocycles. The van der Waals surface area contributed by atoms with Crippen LogP contribution in [0.5, 0.6) is 0 Å². The van der Waals surface area contributed by atoms with E-state index in [1.165, 1.54) is 7.11 Å². The van der Waals surface area contributed by atoms with Crippen molar-refractivity contribution in [1.29, 1.82) is 0 Å². The highest BCUT2D eigenvalue weighted by Crippen LogP contribution is 2.01. The van der Waals surface area contributed by atoms with Crippen molar-refractivity contribution >= 4 is 24.3 Å². The number of carboxylic acid groups (broad SMARTS) is 1. The standard InChI is InChI=1S/C9H11NO2.C3H7NO2.ClH/c10-8(9(11)12)6-7-4-2-1-3-5-7;1-6-3(5)2-4;/h1-5,8H,6,10H2,(H,11,12);2,4H2,1H3;1H/t8-;;/m0../s1. The Kier molecular flexibility index (Phi) is 11.9. The zero-order valence-corrected chi connectivity index (χ0v) is 11.4. The van der Waals surface area contributed by atoms with Gasteiger partial charge in [0.15, 0.2) is 0 Å². The Labute approximate surface area is 118 Å². The number of aliphatic carboxylic acids is 1. The van der Waals surface area contributed by atoms with Crippen LogP contribution < -0.4 is 11.5 Å². The summed E-state index contributed by atoms with van der Waals surface area (Å²) < 4.78 is 4.14. The molecule has 5 N–H and O–H groups in total. The third-order valence-electron chi connectivity index (χ3n) is 2.01. The van der Waals surface area contributed by atoms with E-state index in [-0.39, 0.29) is 24.9 Å². The number of methoxy groups -OCH3 is 1. The highest BCUT2D eigenvalue weighted by atomic mass is 35.5. The van der Waals surface area contributed by atoms with Gasteiger partial charge < -0.3 is 21.3 Å². The van der Waals surface area contributed by atoms with Crippen molar-refractivity contribution in [3.05, 3.63) is 35.9 Å². The highest BCUT2D eigenvalue weighted by Gasteiger charge is 2.10. The first-order valence-corrected chi connectivity index (χ1v) is 5.30. The maximum Gasteiger partial charge on any atom is 0.320 e. The number of carbonyl (C=O) groups is 2. The zero-order valence-electron chi connectivity index (χ0n) is 10.6. The second kappa shape index (κ2) is 11.5. The molecule has 19 heavy (non-hydrogen) atoms. The number of carboxylic acids is 1. The Morgan fingerprint density at radius 1 is 1.32 bits per heavy atom. The molecule has 0 amide bonds. The number of esters is 1. The molecule has 0 unspecified atom stereocenters. The minimum absolute atomic E-state index is 0. The van der Waals surface area contributed by atoms with Gasteiger partial charge in [0.05, 0.1) is 13.7 Å². The summed E-state index contributed by atoms with van der Waals surface area (Å²) in [6.07, 6.45) is 0.385. The van der Waals surface area contributed by atoms with Crippen molar-refractivity contribution in [3.63, 3.8) is 0 Å². The van der Waals surface area contributed by atoms with E-state index < -0.39 is 12.0 Å². The van der Waals surface area contributed by atoms with E-state index in [0.29, 0.717) is 6.42 Å². The minimum atomic E-state index is -0.959. The van der Waals surface area contributed by atoms with Crippen LogP contribution >= 0.6 is 12.4 Å². The van der Waals surface area contributed by atoms with Gasteiger partial charge in [0, 0.05) is 0 Å². The maximum absolute atomic E-state index is 10.4. The van der Waals surface area contributed by atoms with E-state index in [9.17, 15) is 9.59 Å². The fourth-order valence-electron chi connectivity index (χ4n) is 1.04. The van der Waals surface area contributed by atoms with Crippen LogP contribution in [0.25, 0.3) is 0 Å². The molecular formula is C12H19ClN2O4. The SMILES string of the molecule is COC(=O)CN.Cl.N[C@@H](Cc1ccccc1)C(=O)O. The van der Waals surface area contributed by atoms with Gasteiger partial charge in [-0.3, -0.25) is 9.59 Å². The van der Waals surface area contributed by atoms with Crippen LogP contribution in [-0.2, 0) is 20.7 Å². The first-order valence-electron chi connectivity index (χ1n) is 5.30. The summed E-state index contributed by atoms with van der Waals surface area (Å²) in [6, 6.07) is 8.54. The van der Waals surface area contributed by atoms with E-state index in [2.05, 4.69) is 4.74 Å². The average Bonchev–Trinajstić information content (AvgIpc) is 2.39. The van der Waals surface area contributed by atoms with E-state index in [1.807, 2.05) is 30.3 Å². The van der Waals surface area contributed by atoms with Crippen LogP contribution in [0.1, 0.15) is 5.56 Å². The lowest BCUT2D eigenvalue weighted by molar-refractivity contribution is -0.139.